The maximum absolute atomic E-state index is 12.9. The summed E-state index contributed by atoms with van der Waals surface area (Å²) in [5.74, 6) is 3.75. The van der Waals surface area contributed by atoms with Crippen molar-refractivity contribution >= 4 is 11.8 Å². The molecule has 5 fully saturated rings. The van der Waals surface area contributed by atoms with Gasteiger partial charge in [-0.3, -0.25) is 9.59 Å². The van der Waals surface area contributed by atoms with Crippen molar-refractivity contribution in [3.8, 4) is 0 Å². The lowest BCUT2D eigenvalue weighted by Gasteiger charge is -2.60. The minimum atomic E-state index is -0.482. The normalized spacial score (nSPS) is 37.0. The third-order valence-corrected chi connectivity index (χ3v) is 13.9. The summed E-state index contributed by atoms with van der Waals surface area (Å²) >= 11 is 0. The van der Waals surface area contributed by atoms with E-state index in [2.05, 4.69) is 44.2 Å². The molecular formula is C40H60O4. The van der Waals surface area contributed by atoms with Crippen molar-refractivity contribution in [1.82, 2.24) is 0 Å². The van der Waals surface area contributed by atoms with Gasteiger partial charge in [0.1, 0.15) is 11.9 Å². The molecule has 0 bridgehead atoms. The molecule has 5 saturated carbocycles. The molecule has 4 heteroatoms. The summed E-state index contributed by atoms with van der Waals surface area (Å²) in [6, 6.07) is 10.8. The van der Waals surface area contributed by atoms with Crippen LogP contribution in [-0.4, -0.2) is 28.6 Å². The summed E-state index contributed by atoms with van der Waals surface area (Å²) in [5, 5.41) is 11.3. The Balaban J connectivity index is 0.934. The van der Waals surface area contributed by atoms with Crippen LogP contribution in [0.4, 0.5) is 0 Å². The van der Waals surface area contributed by atoms with E-state index < -0.39 is 5.60 Å². The average molecular weight is 605 g/mol. The number of ketones is 1. The van der Waals surface area contributed by atoms with Gasteiger partial charge in [-0.2, -0.15) is 0 Å². The fraction of sp³-hybridized carbons (Fsp3) is 0.800. The minimum absolute atomic E-state index is 0.00235. The van der Waals surface area contributed by atoms with Crippen molar-refractivity contribution in [1.29, 1.82) is 0 Å². The fourth-order valence-corrected chi connectivity index (χ4v) is 11.4. The van der Waals surface area contributed by atoms with E-state index in [1.165, 1.54) is 37.7 Å². The van der Waals surface area contributed by atoms with Gasteiger partial charge in [0.05, 0.1) is 5.60 Å². The number of carbonyl (C=O) groups is 2. The van der Waals surface area contributed by atoms with E-state index in [-0.39, 0.29) is 17.5 Å². The molecule has 8 atom stereocenters. The lowest BCUT2D eigenvalue weighted by atomic mass is 9.45. The van der Waals surface area contributed by atoms with Gasteiger partial charge in [-0.1, -0.05) is 82.7 Å². The summed E-state index contributed by atoms with van der Waals surface area (Å²) in [4.78, 5) is 25.7. The van der Waals surface area contributed by atoms with Crippen LogP contribution < -0.4 is 0 Å². The van der Waals surface area contributed by atoms with Crippen LogP contribution in [0.25, 0.3) is 0 Å². The van der Waals surface area contributed by atoms with Gasteiger partial charge in [0.2, 0.25) is 0 Å². The average Bonchev–Trinajstić information content (AvgIpc) is 3.31. The number of benzene rings is 1. The molecule has 2 unspecified atom stereocenters. The fourth-order valence-electron chi connectivity index (χ4n) is 11.4. The maximum Gasteiger partial charge on any atom is 0.306 e. The van der Waals surface area contributed by atoms with E-state index >= 15 is 0 Å². The molecule has 0 saturated heterocycles. The smallest absolute Gasteiger partial charge is 0.306 e. The van der Waals surface area contributed by atoms with Crippen molar-refractivity contribution in [2.24, 2.45) is 40.4 Å². The van der Waals surface area contributed by atoms with E-state index in [4.69, 9.17) is 4.74 Å². The highest BCUT2D eigenvalue weighted by molar-refractivity contribution is 5.87. The molecule has 0 radical (unpaired) electrons. The standard InChI is InChI=1S/C40H60O4/c1-38-24-20-32(27-31(38)16-17-33-34-18-19-36(41)39(34,2)25-21-35(33)38)44-37(42)15-9-4-8-14-30(26-29-12-6-3-7-13-29)28-40(43)22-10-5-11-23-40/h3,6-7,12-13,30-35,43H,4-5,8-11,14-28H2,1-2H3/t30?,31-,32?,33-,34-,35-,38-,39-/m0/s1. The van der Waals surface area contributed by atoms with Crippen molar-refractivity contribution in [3.63, 3.8) is 0 Å². The molecule has 44 heavy (non-hydrogen) atoms. The predicted octanol–water partition coefficient (Wildman–Crippen LogP) is 9.40. The highest BCUT2D eigenvalue weighted by Gasteiger charge is 2.60. The number of ether oxygens (including phenoxy) is 1. The van der Waals surface area contributed by atoms with Crippen LogP contribution >= 0.6 is 0 Å². The van der Waals surface area contributed by atoms with Gasteiger partial charge in [0.15, 0.2) is 0 Å². The van der Waals surface area contributed by atoms with Crippen molar-refractivity contribution in [2.75, 3.05) is 0 Å². The molecule has 5 aliphatic rings. The number of carbonyl (C=O) groups excluding carboxylic acids is 2. The zero-order chi connectivity index (χ0) is 30.8. The first-order valence-corrected chi connectivity index (χ1v) is 18.7. The van der Waals surface area contributed by atoms with Crippen molar-refractivity contribution < 1.29 is 19.4 Å². The molecule has 4 nitrogen and oxygen atoms in total. The Morgan fingerprint density at radius 3 is 2.50 bits per heavy atom. The summed E-state index contributed by atoms with van der Waals surface area (Å²) in [6.45, 7) is 4.82. The topological polar surface area (TPSA) is 63.6 Å². The maximum atomic E-state index is 12.9. The minimum Gasteiger partial charge on any atom is -0.462 e. The summed E-state index contributed by atoms with van der Waals surface area (Å²) in [7, 11) is 0. The van der Waals surface area contributed by atoms with Crippen LogP contribution in [0.2, 0.25) is 0 Å². The molecule has 1 aromatic carbocycles. The lowest BCUT2D eigenvalue weighted by molar-refractivity contribution is -0.162. The summed E-state index contributed by atoms with van der Waals surface area (Å²) in [5.41, 5.74) is 1.19. The van der Waals surface area contributed by atoms with Crippen LogP contribution in [-0.2, 0) is 20.7 Å². The van der Waals surface area contributed by atoms with E-state index in [9.17, 15) is 14.7 Å². The first-order chi connectivity index (χ1) is 21.2. The van der Waals surface area contributed by atoms with Crippen LogP contribution in [0.3, 0.4) is 0 Å². The van der Waals surface area contributed by atoms with E-state index in [1.807, 2.05) is 0 Å². The van der Waals surface area contributed by atoms with E-state index in [0.717, 1.165) is 108 Å². The number of aliphatic hydroxyl groups is 1. The number of esters is 1. The molecule has 0 spiro atoms. The van der Waals surface area contributed by atoms with Gasteiger partial charge < -0.3 is 9.84 Å². The molecule has 1 N–H and O–H groups in total. The summed E-state index contributed by atoms with van der Waals surface area (Å²) in [6.07, 6.45) is 22.2. The Labute approximate surface area is 267 Å². The Hall–Kier alpha value is -1.68. The molecule has 5 aliphatic carbocycles. The molecule has 0 amide bonds. The van der Waals surface area contributed by atoms with E-state index in [1.54, 1.807) is 0 Å². The molecule has 244 valence electrons. The summed E-state index contributed by atoms with van der Waals surface area (Å²) < 4.78 is 6.12. The number of hydrogen-bond donors (Lipinski definition) is 1. The molecule has 1 aromatic rings. The lowest BCUT2D eigenvalue weighted by Crippen LogP contribution is -2.54. The second-order valence-corrected chi connectivity index (χ2v) is 16.6. The largest absolute Gasteiger partial charge is 0.462 e. The molecule has 0 aromatic heterocycles. The Bertz CT molecular complexity index is 1120. The third kappa shape index (κ3) is 6.86. The highest BCUT2D eigenvalue weighted by Crippen LogP contribution is 2.65. The predicted molar refractivity (Wildman–Crippen MR) is 176 cm³/mol. The quantitative estimate of drug-likeness (QED) is 0.202. The monoisotopic (exact) mass is 604 g/mol. The second kappa shape index (κ2) is 13.6. The molecule has 0 aliphatic heterocycles. The first-order valence-electron chi connectivity index (χ1n) is 18.7. The zero-order valence-electron chi connectivity index (χ0n) is 27.9. The zero-order valence-corrected chi connectivity index (χ0v) is 27.9. The Morgan fingerprint density at radius 1 is 0.909 bits per heavy atom. The number of rotatable bonds is 11. The number of hydrogen-bond acceptors (Lipinski definition) is 4. The SMILES string of the molecule is C[C@]12CCC(OC(=O)CCCCCC(Cc3ccccc3)CC3(O)CCCCC3)C[C@@H]1CC[C@@H]1[C@@H]2CC[C@]2(C)C(=O)CC[C@@H]12. The Morgan fingerprint density at radius 2 is 1.70 bits per heavy atom. The number of fused-ring (bicyclic) bond motifs is 5. The molecule has 0 heterocycles. The van der Waals surface area contributed by atoms with Crippen LogP contribution in [0, 0.1) is 40.4 Å². The third-order valence-electron chi connectivity index (χ3n) is 13.9. The van der Waals surface area contributed by atoms with E-state index in [0.29, 0.717) is 35.4 Å². The molecular weight excluding hydrogens is 544 g/mol. The highest BCUT2D eigenvalue weighted by atomic mass is 16.5. The van der Waals surface area contributed by atoms with Crippen LogP contribution in [0.15, 0.2) is 30.3 Å². The molecule has 6 rings (SSSR count). The number of Topliss-reactive ketones (excluding diaryl/α,β-unsaturated/α-hetero) is 1. The second-order valence-electron chi connectivity index (χ2n) is 16.6. The van der Waals surface area contributed by atoms with Gasteiger partial charge >= 0.3 is 5.97 Å². The van der Waals surface area contributed by atoms with Gasteiger partial charge in [-0.05, 0) is 124 Å². The van der Waals surface area contributed by atoms with Gasteiger partial charge in [0.25, 0.3) is 0 Å². The van der Waals surface area contributed by atoms with Gasteiger partial charge in [0, 0.05) is 18.3 Å². The first kappa shape index (κ1) is 32.3. The Kier molecular flexibility index (Phi) is 9.96. The van der Waals surface area contributed by atoms with Gasteiger partial charge in [-0.15, -0.1) is 0 Å². The number of unbranched alkanes of at least 4 members (excludes halogenated alkanes) is 2. The van der Waals surface area contributed by atoms with Crippen molar-refractivity contribution in [2.45, 2.75) is 160 Å². The van der Waals surface area contributed by atoms with Crippen LogP contribution in [0.1, 0.15) is 148 Å². The van der Waals surface area contributed by atoms with Crippen LogP contribution in [0.5, 0.6) is 0 Å². The van der Waals surface area contributed by atoms with Crippen molar-refractivity contribution in [3.05, 3.63) is 35.9 Å². The van der Waals surface area contributed by atoms with Gasteiger partial charge in [-0.25, -0.2) is 0 Å².